The van der Waals surface area contributed by atoms with Gasteiger partial charge in [0.1, 0.15) is 5.76 Å². The maximum atomic E-state index is 10.5. The highest BCUT2D eigenvalue weighted by molar-refractivity contribution is 5.72. The topological polar surface area (TPSA) is 53.7 Å². The number of aliphatic hydroxyl groups is 1. The van der Waals surface area contributed by atoms with Gasteiger partial charge in [-0.05, 0) is 18.6 Å². The zero-order chi connectivity index (χ0) is 10.1. The van der Waals surface area contributed by atoms with Crippen LogP contribution in [0.2, 0.25) is 0 Å². The lowest BCUT2D eigenvalue weighted by Gasteiger charge is -2.34. The van der Waals surface area contributed by atoms with Gasteiger partial charge in [0.2, 0.25) is 0 Å². The third-order valence-electron chi connectivity index (χ3n) is 2.43. The second kappa shape index (κ2) is 3.55. The van der Waals surface area contributed by atoms with E-state index >= 15 is 0 Å². The molecule has 1 aromatic heterocycles. The van der Waals surface area contributed by atoms with E-state index in [1.165, 1.54) is 0 Å². The minimum Gasteiger partial charge on any atom is -0.457 e. The average Bonchev–Trinajstić information content (AvgIpc) is 2.43. The Kier molecular flexibility index (Phi) is 2.39. The van der Waals surface area contributed by atoms with Gasteiger partial charge in [-0.25, -0.2) is 0 Å². The molecular weight excluding hydrogens is 182 g/mol. The molecule has 4 heteroatoms. The van der Waals surface area contributed by atoms with Crippen molar-refractivity contribution in [1.29, 1.82) is 0 Å². The third kappa shape index (κ3) is 1.71. The first-order valence-electron chi connectivity index (χ1n) is 4.64. The van der Waals surface area contributed by atoms with Crippen LogP contribution in [-0.4, -0.2) is 35.5 Å². The lowest BCUT2D eigenvalue weighted by Crippen LogP contribution is -2.49. The Morgan fingerprint density at radius 3 is 2.93 bits per heavy atom. The molecule has 1 aliphatic heterocycles. The van der Waals surface area contributed by atoms with Gasteiger partial charge in [0.05, 0.1) is 12.6 Å². The molecule has 76 valence electrons. The number of carbonyl (C=O) groups is 1. The largest absolute Gasteiger partial charge is 0.457 e. The van der Waals surface area contributed by atoms with Gasteiger partial charge in [0.25, 0.3) is 0 Å². The van der Waals surface area contributed by atoms with Crippen LogP contribution in [-0.2, 0) is 6.54 Å². The zero-order valence-electron chi connectivity index (χ0n) is 8.06. The molecule has 1 fully saturated rings. The monoisotopic (exact) mass is 195 g/mol. The molecule has 0 radical (unpaired) electrons. The Labute approximate surface area is 82.1 Å². The molecule has 0 spiro atoms. The summed E-state index contributed by atoms with van der Waals surface area (Å²) >= 11 is 0. The van der Waals surface area contributed by atoms with Crippen LogP contribution in [0.4, 0.5) is 0 Å². The van der Waals surface area contributed by atoms with Crippen molar-refractivity contribution in [1.82, 2.24) is 4.90 Å². The van der Waals surface area contributed by atoms with Crippen molar-refractivity contribution in [2.45, 2.75) is 19.6 Å². The highest BCUT2D eigenvalue weighted by Gasteiger charge is 2.25. The second-order valence-electron chi connectivity index (χ2n) is 3.73. The Balaban J connectivity index is 1.99. The Hall–Kier alpha value is -1.13. The third-order valence-corrected chi connectivity index (χ3v) is 2.43. The van der Waals surface area contributed by atoms with Crippen molar-refractivity contribution >= 4 is 6.29 Å². The molecule has 0 bridgehead atoms. The Morgan fingerprint density at radius 2 is 2.43 bits per heavy atom. The van der Waals surface area contributed by atoms with Crippen LogP contribution < -0.4 is 0 Å². The van der Waals surface area contributed by atoms with Crippen LogP contribution >= 0.6 is 0 Å². The first-order chi connectivity index (χ1) is 6.69. The smallest absolute Gasteiger partial charge is 0.185 e. The minimum absolute atomic E-state index is 0.198. The van der Waals surface area contributed by atoms with Crippen molar-refractivity contribution < 1.29 is 14.3 Å². The van der Waals surface area contributed by atoms with Gasteiger partial charge in [0.15, 0.2) is 12.0 Å². The average molecular weight is 195 g/mol. The molecule has 4 nitrogen and oxygen atoms in total. The number of nitrogens with zero attached hydrogens (tertiary/aromatic N) is 1. The van der Waals surface area contributed by atoms with Gasteiger partial charge in [-0.2, -0.15) is 0 Å². The summed E-state index contributed by atoms with van der Waals surface area (Å²) in [5.41, 5.74) is 0.871. The fourth-order valence-corrected chi connectivity index (χ4v) is 1.65. The molecule has 1 aliphatic rings. The number of β-amino-alcohol motifs (C(OH)–C–C–N with tert-alkyl or cyclic N) is 1. The molecule has 2 heterocycles. The molecule has 0 amide bonds. The number of carbonyl (C=O) groups excluding carboxylic acids is 1. The van der Waals surface area contributed by atoms with E-state index in [0.717, 1.165) is 17.6 Å². The molecular formula is C10H13NO3. The Morgan fingerprint density at radius 1 is 1.71 bits per heavy atom. The van der Waals surface area contributed by atoms with Gasteiger partial charge in [0, 0.05) is 13.1 Å². The summed E-state index contributed by atoms with van der Waals surface area (Å²) in [7, 11) is 0. The maximum absolute atomic E-state index is 10.5. The van der Waals surface area contributed by atoms with Crippen LogP contribution in [0.3, 0.4) is 0 Å². The molecule has 1 aromatic rings. The number of furan rings is 1. The van der Waals surface area contributed by atoms with Crippen LogP contribution in [0, 0.1) is 6.92 Å². The first kappa shape index (κ1) is 9.43. The maximum Gasteiger partial charge on any atom is 0.185 e. The number of aliphatic hydroxyl groups excluding tert-OH is 1. The molecule has 0 atom stereocenters. The molecule has 0 unspecified atom stereocenters. The summed E-state index contributed by atoms with van der Waals surface area (Å²) in [5.74, 6) is 1.19. The van der Waals surface area contributed by atoms with Crippen LogP contribution in [0.1, 0.15) is 21.9 Å². The molecule has 0 saturated carbocycles. The number of aryl methyl sites for hydroxylation is 1. The predicted octanol–water partition coefficient (Wildman–Crippen LogP) is 0.577. The van der Waals surface area contributed by atoms with Crippen molar-refractivity contribution in [2.24, 2.45) is 0 Å². The second-order valence-corrected chi connectivity index (χ2v) is 3.73. The van der Waals surface area contributed by atoms with Gasteiger partial charge in [-0.1, -0.05) is 0 Å². The fourth-order valence-electron chi connectivity index (χ4n) is 1.65. The number of hydrogen-bond acceptors (Lipinski definition) is 4. The molecule has 0 aromatic carbocycles. The van der Waals surface area contributed by atoms with Crippen molar-refractivity contribution in [3.63, 3.8) is 0 Å². The molecule has 1 saturated heterocycles. The lowest BCUT2D eigenvalue weighted by atomic mass is 10.1. The zero-order valence-corrected chi connectivity index (χ0v) is 8.06. The summed E-state index contributed by atoms with van der Waals surface area (Å²) in [4.78, 5) is 12.6. The van der Waals surface area contributed by atoms with E-state index in [1.807, 2.05) is 13.0 Å². The molecule has 14 heavy (non-hydrogen) atoms. The summed E-state index contributed by atoms with van der Waals surface area (Å²) in [6.45, 7) is 3.90. The molecule has 2 rings (SSSR count). The van der Waals surface area contributed by atoms with E-state index in [9.17, 15) is 4.79 Å². The van der Waals surface area contributed by atoms with Crippen molar-refractivity contribution in [3.05, 3.63) is 23.2 Å². The van der Waals surface area contributed by atoms with Gasteiger partial charge < -0.3 is 9.52 Å². The summed E-state index contributed by atoms with van der Waals surface area (Å²) in [6.07, 6.45) is 0.528. The summed E-state index contributed by atoms with van der Waals surface area (Å²) in [6, 6.07) is 1.87. The highest BCUT2D eigenvalue weighted by Crippen LogP contribution is 2.17. The van der Waals surface area contributed by atoms with Crippen LogP contribution in [0.5, 0.6) is 0 Å². The van der Waals surface area contributed by atoms with E-state index in [2.05, 4.69) is 4.90 Å². The molecule has 1 N–H and O–H groups in total. The van der Waals surface area contributed by atoms with Crippen molar-refractivity contribution in [3.8, 4) is 0 Å². The highest BCUT2D eigenvalue weighted by atomic mass is 16.3. The van der Waals surface area contributed by atoms with E-state index in [-0.39, 0.29) is 6.10 Å². The number of hydrogen-bond donors (Lipinski definition) is 1. The first-order valence-corrected chi connectivity index (χ1v) is 4.64. The lowest BCUT2D eigenvalue weighted by molar-refractivity contribution is -0.00637. The fraction of sp³-hybridized carbons (Fsp3) is 0.500. The SMILES string of the molecule is Cc1cc(CN2CC(O)C2)oc1C=O. The van der Waals surface area contributed by atoms with E-state index in [4.69, 9.17) is 9.52 Å². The van der Waals surface area contributed by atoms with Gasteiger partial charge in [-0.15, -0.1) is 0 Å². The van der Waals surface area contributed by atoms with Crippen LogP contribution in [0.15, 0.2) is 10.5 Å². The number of likely N-dealkylation sites (tertiary alicyclic amines) is 1. The van der Waals surface area contributed by atoms with E-state index in [0.29, 0.717) is 25.4 Å². The standard InChI is InChI=1S/C10H13NO3/c1-7-2-9(14-10(7)6-12)5-11-3-8(13)4-11/h2,6,8,13H,3-5H2,1H3. The van der Waals surface area contributed by atoms with Crippen molar-refractivity contribution in [2.75, 3.05) is 13.1 Å². The van der Waals surface area contributed by atoms with Gasteiger partial charge in [-0.3, -0.25) is 9.69 Å². The summed E-state index contributed by atoms with van der Waals surface area (Å²) in [5, 5.41) is 9.07. The number of rotatable bonds is 3. The Bertz CT molecular complexity index is 339. The van der Waals surface area contributed by atoms with Crippen LogP contribution in [0.25, 0.3) is 0 Å². The molecule has 0 aliphatic carbocycles. The predicted molar refractivity (Wildman–Crippen MR) is 50.1 cm³/mol. The number of aldehydes is 1. The normalized spacial score (nSPS) is 18.1. The van der Waals surface area contributed by atoms with E-state index in [1.54, 1.807) is 0 Å². The van der Waals surface area contributed by atoms with E-state index < -0.39 is 0 Å². The minimum atomic E-state index is -0.198. The quantitative estimate of drug-likeness (QED) is 0.717. The summed E-state index contributed by atoms with van der Waals surface area (Å²) < 4.78 is 5.31. The van der Waals surface area contributed by atoms with Gasteiger partial charge >= 0.3 is 0 Å².